The van der Waals surface area contributed by atoms with E-state index < -0.39 is 12.0 Å². The van der Waals surface area contributed by atoms with E-state index in [1.807, 2.05) is 19.1 Å². The van der Waals surface area contributed by atoms with Crippen molar-refractivity contribution in [3.8, 4) is 5.75 Å². The highest BCUT2D eigenvalue weighted by Gasteiger charge is 2.16. The Morgan fingerprint density at radius 3 is 2.35 bits per heavy atom. The van der Waals surface area contributed by atoms with E-state index in [0.29, 0.717) is 16.3 Å². The van der Waals surface area contributed by atoms with Crippen molar-refractivity contribution in [3.63, 3.8) is 0 Å². The smallest absolute Gasteiger partial charge is 0.279 e. The molecule has 2 aromatic rings. The van der Waals surface area contributed by atoms with Crippen molar-refractivity contribution in [3.05, 3.63) is 64.7 Å². The minimum Gasteiger partial charge on any atom is -0.481 e. The van der Waals surface area contributed by atoms with Crippen LogP contribution in [0, 0.1) is 6.92 Å². The molecule has 1 atom stereocenters. The average molecular weight is 333 g/mol. The van der Waals surface area contributed by atoms with E-state index in [1.54, 1.807) is 43.3 Å². The maximum atomic E-state index is 12.0. The van der Waals surface area contributed by atoms with Crippen LogP contribution in [0.15, 0.2) is 48.5 Å². The van der Waals surface area contributed by atoms with Crippen LogP contribution >= 0.6 is 11.6 Å². The van der Waals surface area contributed by atoms with Gasteiger partial charge in [0.1, 0.15) is 5.75 Å². The topological polar surface area (TPSA) is 67.4 Å². The predicted molar refractivity (Wildman–Crippen MR) is 88.3 cm³/mol. The van der Waals surface area contributed by atoms with Crippen molar-refractivity contribution in [1.82, 2.24) is 10.9 Å². The standard InChI is InChI=1S/C17H17ClN2O3/c1-11-5-3-4-6-15(11)17(22)20-19-16(21)12(2)23-14-9-7-13(18)8-10-14/h3-10,12H,1-2H3,(H,19,21)(H,20,22). The molecule has 0 aromatic heterocycles. The number of ether oxygens (including phenoxy) is 1. The third kappa shape index (κ3) is 4.72. The number of hydrogen-bond acceptors (Lipinski definition) is 3. The monoisotopic (exact) mass is 332 g/mol. The van der Waals surface area contributed by atoms with Crippen molar-refractivity contribution in [2.24, 2.45) is 0 Å². The summed E-state index contributed by atoms with van der Waals surface area (Å²) in [6, 6.07) is 13.8. The Hall–Kier alpha value is -2.53. The number of carbonyl (C=O) groups excluding carboxylic acids is 2. The summed E-state index contributed by atoms with van der Waals surface area (Å²) in [5, 5.41) is 0.583. The van der Waals surface area contributed by atoms with Crippen molar-refractivity contribution in [1.29, 1.82) is 0 Å². The molecule has 0 aliphatic rings. The molecule has 0 spiro atoms. The highest BCUT2D eigenvalue weighted by molar-refractivity contribution is 6.30. The van der Waals surface area contributed by atoms with Crippen LogP contribution in [0.5, 0.6) is 5.75 Å². The van der Waals surface area contributed by atoms with E-state index in [1.165, 1.54) is 0 Å². The maximum Gasteiger partial charge on any atom is 0.279 e. The van der Waals surface area contributed by atoms with Gasteiger partial charge < -0.3 is 4.74 Å². The first kappa shape index (κ1) is 16.8. The molecule has 6 heteroatoms. The van der Waals surface area contributed by atoms with Crippen LogP contribution in [-0.4, -0.2) is 17.9 Å². The lowest BCUT2D eigenvalue weighted by molar-refractivity contribution is -0.128. The van der Waals surface area contributed by atoms with Crippen molar-refractivity contribution < 1.29 is 14.3 Å². The van der Waals surface area contributed by atoms with Gasteiger partial charge in [-0.25, -0.2) is 0 Å². The fraction of sp³-hybridized carbons (Fsp3) is 0.176. The molecule has 2 aromatic carbocycles. The summed E-state index contributed by atoms with van der Waals surface area (Å²) in [5.74, 6) is -0.320. The molecule has 120 valence electrons. The molecule has 0 saturated heterocycles. The highest BCUT2D eigenvalue weighted by atomic mass is 35.5. The minimum absolute atomic E-state index is 0.379. The van der Waals surface area contributed by atoms with Gasteiger partial charge in [-0.1, -0.05) is 29.8 Å². The van der Waals surface area contributed by atoms with Gasteiger partial charge in [0, 0.05) is 10.6 Å². The molecule has 2 N–H and O–H groups in total. The summed E-state index contributed by atoms with van der Waals surface area (Å²) in [7, 11) is 0. The van der Waals surface area contributed by atoms with Crippen LogP contribution in [0.4, 0.5) is 0 Å². The van der Waals surface area contributed by atoms with Gasteiger partial charge in [0.25, 0.3) is 11.8 Å². The van der Waals surface area contributed by atoms with Crippen LogP contribution in [0.2, 0.25) is 5.02 Å². The number of carbonyl (C=O) groups is 2. The Bertz CT molecular complexity index is 701. The zero-order valence-corrected chi connectivity index (χ0v) is 13.6. The Kier molecular flexibility index (Phi) is 5.60. The van der Waals surface area contributed by atoms with Gasteiger partial charge in [-0.05, 0) is 49.7 Å². The normalized spacial score (nSPS) is 11.4. The Labute approximate surface area is 139 Å². The number of amides is 2. The molecule has 0 saturated carbocycles. The fourth-order valence-electron chi connectivity index (χ4n) is 1.89. The van der Waals surface area contributed by atoms with Gasteiger partial charge in [-0.2, -0.15) is 0 Å². The van der Waals surface area contributed by atoms with Crippen LogP contribution in [0.1, 0.15) is 22.8 Å². The quantitative estimate of drug-likeness (QED) is 0.846. The largest absolute Gasteiger partial charge is 0.481 e. The van der Waals surface area contributed by atoms with Gasteiger partial charge in [0.15, 0.2) is 6.10 Å². The second kappa shape index (κ2) is 7.65. The Morgan fingerprint density at radius 2 is 1.70 bits per heavy atom. The second-order valence-corrected chi connectivity index (χ2v) is 5.41. The van der Waals surface area contributed by atoms with Crippen molar-refractivity contribution >= 4 is 23.4 Å². The number of nitrogens with one attached hydrogen (secondary N) is 2. The molecule has 0 aliphatic carbocycles. The van der Waals surface area contributed by atoms with E-state index in [2.05, 4.69) is 10.9 Å². The van der Waals surface area contributed by atoms with E-state index in [4.69, 9.17) is 16.3 Å². The molecule has 0 heterocycles. The van der Waals surface area contributed by atoms with Gasteiger partial charge in [0.05, 0.1) is 0 Å². The maximum absolute atomic E-state index is 12.0. The van der Waals surface area contributed by atoms with Gasteiger partial charge in [-0.15, -0.1) is 0 Å². The summed E-state index contributed by atoms with van der Waals surface area (Å²) < 4.78 is 5.47. The summed E-state index contributed by atoms with van der Waals surface area (Å²) in [4.78, 5) is 24.0. The van der Waals surface area contributed by atoms with Crippen LogP contribution in [-0.2, 0) is 4.79 Å². The zero-order chi connectivity index (χ0) is 16.8. The minimum atomic E-state index is -0.770. The average Bonchev–Trinajstić information content (AvgIpc) is 2.54. The van der Waals surface area contributed by atoms with Crippen molar-refractivity contribution in [2.75, 3.05) is 0 Å². The number of halogens is 1. The molecule has 0 aliphatic heterocycles. The highest BCUT2D eigenvalue weighted by Crippen LogP contribution is 2.16. The number of aryl methyl sites for hydroxylation is 1. The van der Waals surface area contributed by atoms with E-state index >= 15 is 0 Å². The molecular weight excluding hydrogens is 316 g/mol. The van der Waals surface area contributed by atoms with Gasteiger partial charge in [-0.3, -0.25) is 20.4 Å². The molecular formula is C17H17ClN2O3. The predicted octanol–water partition coefficient (Wildman–Crippen LogP) is 2.88. The van der Waals surface area contributed by atoms with E-state index in [-0.39, 0.29) is 5.91 Å². The summed E-state index contributed by atoms with van der Waals surface area (Å²) in [5.41, 5.74) is 6.05. The van der Waals surface area contributed by atoms with E-state index in [0.717, 1.165) is 5.56 Å². The van der Waals surface area contributed by atoms with Gasteiger partial charge in [0.2, 0.25) is 0 Å². The number of rotatable bonds is 4. The zero-order valence-electron chi connectivity index (χ0n) is 12.8. The molecule has 0 radical (unpaired) electrons. The summed E-state index contributed by atoms with van der Waals surface area (Å²) in [6.07, 6.45) is -0.770. The molecule has 0 fully saturated rings. The van der Waals surface area contributed by atoms with Crippen LogP contribution in [0.3, 0.4) is 0 Å². The summed E-state index contributed by atoms with van der Waals surface area (Å²) in [6.45, 7) is 3.41. The van der Waals surface area contributed by atoms with E-state index in [9.17, 15) is 9.59 Å². The second-order valence-electron chi connectivity index (χ2n) is 4.97. The molecule has 23 heavy (non-hydrogen) atoms. The number of hydrogen-bond donors (Lipinski definition) is 2. The van der Waals surface area contributed by atoms with Crippen LogP contribution < -0.4 is 15.6 Å². The third-order valence-corrected chi connectivity index (χ3v) is 3.44. The molecule has 2 rings (SSSR count). The Balaban J connectivity index is 1.87. The van der Waals surface area contributed by atoms with Crippen LogP contribution in [0.25, 0.3) is 0 Å². The first-order chi connectivity index (χ1) is 11.0. The summed E-state index contributed by atoms with van der Waals surface area (Å²) >= 11 is 5.78. The molecule has 0 bridgehead atoms. The molecule has 2 amide bonds. The Morgan fingerprint density at radius 1 is 1.04 bits per heavy atom. The van der Waals surface area contributed by atoms with Gasteiger partial charge >= 0.3 is 0 Å². The third-order valence-electron chi connectivity index (χ3n) is 3.18. The molecule has 1 unspecified atom stereocenters. The lowest BCUT2D eigenvalue weighted by atomic mass is 10.1. The number of hydrazine groups is 1. The first-order valence-corrected chi connectivity index (χ1v) is 7.43. The first-order valence-electron chi connectivity index (χ1n) is 7.05. The SMILES string of the molecule is Cc1ccccc1C(=O)NNC(=O)C(C)Oc1ccc(Cl)cc1. The fourth-order valence-corrected chi connectivity index (χ4v) is 2.01. The number of benzene rings is 2. The lowest BCUT2D eigenvalue weighted by Gasteiger charge is -2.15. The lowest BCUT2D eigenvalue weighted by Crippen LogP contribution is -2.47. The molecule has 5 nitrogen and oxygen atoms in total. The van der Waals surface area contributed by atoms with Crippen molar-refractivity contribution in [2.45, 2.75) is 20.0 Å².